The number of hydrogen-bond donors (Lipinski definition) is 0. The van der Waals surface area contributed by atoms with E-state index in [1.165, 1.54) is 25.9 Å². The van der Waals surface area contributed by atoms with Gasteiger partial charge < -0.3 is 9.80 Å². The molecule has 1 aliphatic rings. The molecular formula is C17H26N6. The first kappa shape index (κ1) is 15.9. The number of aromatic nitrogens is 4. The summed E-state index contributed by atoms with van der Waals surface area (Å²) in [4.78, 5) is 13.7. The number of piperidine rings is 1. The smallest absolute Gasteiger partial charge is 0.174 e. The van der Waals surface area contributed by atoms with Crippen LogP contribution in [0.2, 0.25) is 0 Å². The molecule has 2 aromatic heterocycles. The van der Waals surface area contributed by atoms with Crippen molar-refractivity contribution in [3.8, 4) is 5.82 Å². The fraction of sp³-hybridized carbons (Fsp3) is 0.588. The highest BCUT2D eigenvalue weighted by molar-refractivity contribution is 5.39. The lowest BCUT2D eigenvalue weighted by Crippen LogP contribution is -2.36. The van der Waals surface area contributed by atoms with E-state index in [2.05, 4.69) is 40.0 Å². The van der Waals surface area contributed by atoms with Crippen LogP contribution in [0.15, 0.2) is 18.5 Å². The first-order valence-corrected chi connectivity index (χ1v) is 8.28. The Morgan fingerprint density at radius 3 is 2.61 bits per heavy atom. The van der Waals surface area contributed by atoms with Crippen molar-refractivity contribution in [2.75, 3.05) is 38.6 Å². The molecule has 0 unspecified atom stereocenters. The van der Waals surface area contributed by atoms with Crippen LogP contribution < -0.4 is 4.90 Å². The van der Waals surface area contributed by atoms with Crippen molar-refractivity contribution in [1.82, 2.24) is 24.6 Å². The number of anilines is 1. The highest BCUT2D eigenvalue weighted by atomic mass is 15.3. The highest BCUT2D eigenvalue weighted by Crippen LogP contribution is 2.20. The summed E-state index contributed by atoms with van der Waals surface area (Å²) in [6.45, 7) is 7.44. The zero-order valence-corrected chi connectivity index (χ0v) is 14.5. The molecule has 0 atom stereocenters. The standard InChI is InChI=1S/C17H26N6/c1-13-9-14(2)23(20-13)17-11-18-10-16(19-17)22(4)12-15-5-7-21(3)8-6-15/h9-11,15H,5-8,12H2,1-4H3. The number of aryl methyl sites for hydroxylation is 2. The summed E-state index contributed by atoms with van der Waals surface area (Å²) in [5.74, 6) is 2.42. The van der Waals surface area contributed by atoms with Gasteiger partial charge in [-0.15, -0.1) is 0 Å². The molecule has 1 saturated heterocycles. The summed E-state index contributed by atoms with van der Waals surface area (Å²) >= 11 is 0. The zero-order valence-electron chi connectivity index (χ0n) is 14.5. The third kappa shape index (κ3) is 3.69. The van der Waals surface area contributed by atoms with Gasteiger partial charge in [0.2, 0.25) is 0 Å². The molecule has 6 heteroatoms. The zero-order chi connectivity index (χ0) is 16.4. The van der Waals surface area contributed by atoms with Crippen molar-refractivity contribution in [2.45, 2.75) is 26.7 Å². The van der Waals surface area contributed by atoms with Crippen molar-refractivity contribution in [3.05, 3.63) is 29.8 Å². The molecule has 1 fully saturated rings. The van der Waals surface area contributed by atoms with E-state index in [1.54, 1.807) is 6.20 Å². The summed E-state index contributed by atoms with van der Waals surface area (Å²) in [7, 11) is 4.30. The van der Waals surface area contributed by atoms with Crippen LogP contribution in [-0.2, 0) is 0 Å². The summed E-state index contributed by atoms with van der Waals surface area (Å²) in [6, 6.07) is 2.05. The van der Waals surface area contributed by atoms with Gasteiger partial charge in [0.25, 0.3) is 0 Å². The van der Waals surface area contributed by atoms with Gasteiger partial charge in [0.15, 0.2) is 5.82 Å². The quantitative estimate of drug-likeness (QED) is 0.864. The molecule has 3 heterocycles. The molecule has 0 amide bonds. The lowest BCUT2D eigenvalue weighted by atomic mass is 9.97. The van der Waals surface area contributed by atoms with E-state index in [1.807, 2.05) is 24.7 Å². The molecule has 0 aromatic carbocycles. The molecule has 3 rings (SSSR count). The molecule has 23 heavy (non-hydrogen) atoms. The maximum atomic E-state index is 4.75. The van der Waals surface area contributed by atoms with Gasteiger partial charge >= 0.3 is 0 Å². The van der Waals surface area contributed by atoms with Crippen LogP contribution in [0.3, 0.4) is 0 Å². The second kappa shape index (κ2) is 6.66. The maximum Gasteiger partial charge on any atom is 0.174 e. The molecule has 0 aliphatic carbocycles. The van der Waals surface area contributed by atoms with Crippen molar-refractivity contribution < 1.29 is 0 Å². The van der Waals surface area contributed by atoms with E-state index in [-0.39, 0.29) is 0 Å². The van der Waals surface area contributed by atoms with E-state index in [0.717, 1.165) is 35.5 Å². The Hall–Kier alpha value is -1.95. The molecule has 124 valence electrons. The molecule has 0 saturated carbocycles. The van der Waals surface area contributed by atoms with Gasteiger partial charge in [-0.2, -0.15) is 5.10 Å². The monoisotopic (exact) mass is 314 g/mol. The van der Waals surface area contributed by atoms with Crippen LogP contribution in [0.4, 0.5) is 5.82 Å². The lowest BCUT2D eigenvalue weighted by molar-refractivity contribution is 0.222. The van der Waals surface area contributed by atoms with Crippen LogP contribution in [0.5, 0.6) is 0 Å². The van der Waals surface area contributed by atoms with Gasteiger partial charge in [-0.05, 0) is 58.8 Å². The third-order valence-corrected chi connectivity index (χ3v) is 4.60. The second-order valence-electron chi connectivity index (χ2n) is 6.70. The third-order valence-electron chi connectivity index (χ3n) is 4.60. The highest BCUT2D eigenvalue weighted by Gasteiger charge is 2.19. The van der Waals surface area contributed by atoms with Crippen LogP contribution in [0.25, 0.3) is 5.82 Å². The number of likely N-dealkylation sites (tertiary alicyclic amines) is 1. The largest absolute Gasteiger partial charge is 0.358 e. The van der Waals surface area contributed by atoms with Gasteiger partial charge in [0.05, 0.1) is 18.1 Å². The van der Waals surface area contributed by atoms with Crippen molar-refractivity contribution >= 4 is 5.82 Å². The molecule has 0 N–H and O–H groups in total. The van der Waals surface area contributed by atoms with Gasteiger partial charge in [-0.3, -0.25) is 4.98 Å². The molecule has 0 radical (unpaired) electrons. The molecule has 0 bridgehead atoms. The average Bonchev–Trinajstić information content (AvgIpc) is 2.88. The van der Waals surface area contributed by atoms with Gasteiger partial charge in [-0.25, -0.2) is 9.67 Å². The average molecular weight is 314 g/mol. The molecule has 2 aromatic rings. The minimum Gasteiger partial charge on any atom is -0.358 e. The molecular weight excluding hydrogens is 288 g/mol. The van der Waals surface area contributed by atoms with Crippen LogP contribution in [0, 0.1) is 19.8 Å². The normalized spacial score (nSPS) is 16.7. The van der Waals surface area contributed by atoms with Crippen LogP contribution >= 0.6 is 0 Å². The Bertz CT molecular complexity index is 657. The Morgan fingerprint density at radius 1 is 1.22 bits per heavy atom. The van der Waals surface area contributed by atoms with E-state index < -0.39 is 0 Å². The van der Waals surface area contributed by atoms with Gasteiger partial charge in [-0.1, -0.05) is 0 Å². The van der Waals surface area contributed by atoms with E-state index in [9.17, 15) is 0 Å². The summed E-state index contributed by atoms with van der Waals surface area (Å²) in [5.41, 5.74) is 2.07. The predicted octanol–water partition coefficient (Wildman–Crippen LogP) is 2.06. The minimum absolute atomic E-state index is 0.732. The van der Waals surface area contributed by atoms with E-state index >= 15 is 0 Å². The van der Waals surface area contributed by atoms with Gasteiger partial charge in [0.1, 0.15) is 5.82 Å². The Balaban J connectivity index is 1.73. The number of rotatable bonds is 4. The fourth-order valence-electron chi connectivity index (χ4n) is 3.22. The van der Waals surface area contributed by atoms with Crippen molar-refractivity contribution in [1.29, 1.82) is 0 Å². The van der Waals surface area contributed by atoms with Crippen molar-refractivity contribution in [3.63, 3.8) is 0 Å². The SMILES string of the molecule is Cc1cc(C)n(-c2cncc(N(C)CC3CCN(C)CC3)n2)n1. The Labute approximate surface area is 138 Å². The molecule has 6 nitrogen and oxygen atoms in total. The van der Waals surface area contributed by atoms with Crippen LogP contribution in [-0.4, -0.2) is 58.4 Å². The first-order valence-electron chi connectivity index (χ1n) is 8.28. The first-order chi connectivity index (χ1) is 11.0. The summed E-state index contributed by atoms with van der Waals surface area (Å²) < 4.78 is 1.86. The Morgan fingerprint density at radius 2 is 1.96 bits per heavy atom. The minimum atomic E-state index is 0.732. The van der Waals surface area contributed by atoms with Crippen molar-refractivity contribution in [2.24, 2.45) is 5.92 Å². The van der Waals surface area contributed by atoms with Gasteiger partial charge in [0, 0.05) is 19.3 Å². The van der Waals surface area contributed by atoms with Crippen LogP contribution in [0.1, 0.15) is 24.2 Å². The Kier molecular flexibility index (Phi) is 4.61. The topological polar surface area (TPSA) is 50.1 Å². The molecule has 0 spiro atoms. The summed E-state index contributed by atoms with van der Waals surface area (Å²) in [6.07, 6.45) is 6.12. The second-order valence-corrected chi connectivity index (χ2v) is 6.70. The maximum absolute atomic E-state index is 4.75. The summed E-state index contributed by atoms with van der Waals surface area (Å²) in [5, 5.41) is 4.50. The molecule has 1 aliphatic heterocycles. The number of nitrogens with zero attached hydrogens (tertiary/aromatic N) is 6. The van der Waals surface area contributed by atoms with E-state index in [4.69, 9.17) is 4.98 Å². The predicted molar refractivity (Wildman–Crippen MR) is 92.1 cm³/mol. The number of hydrogen-bond acceptors (Lipinski definition) is 5. The van der Waals surface area contributed by atoms with E-state index in [0.29, 0.717) is 0 Å². The lowest BCUT2D eigenvalue weighted by Gasteiger charge is -2.32. The fourth-order valence-corrected chi connectivity index (χ4v) is 3.22.